The normalized spacial score (nSPS) is 18.4. The van der Waals surface area contributed by atoms with E-state index < -0.39 is 0 Å². The summed E-state index contributed by atoms with van der Waals surface area (Å²) < 4.78 is 0. The lowest BCUT2D eigenvalue weighted by molar-refractivity contribution is 0.0791. The average molecular weight is 303 g/mol. The van der Waals surface area contributed by atoms with Crippen LogP contribution in [0.2, 0.25) is 0 Å². The number of carbonyl (C=O) groups excluding carboxylic acids is 1. The molecular formula is C18H29N3O. The van der Waals surface area contributed by atoms with Gasteiger partial charge in [-0.3, -0.25) is 9.69 Å². The van der Waals surface area contributed by atoms with Crippen LogP contribution >= 0.6 is 0 Å². The third kappa shape index (κ3) is 4.55. The Balaban J connectivity index is 1.91. The van der Waals surface area contributed by atoms with Gasteiger partial charge in [-0.25, -0.2) is 0 Å². The first-order valence-corrected chi connectivity index (χ1v) is 8.25. The lowest BCUT2D eigenvalue weighted by atomic mass is 10.0. The molecule has 1 N–H and O–H groups in total. The predicted molar refractivity (Wildman–Crippen MR) is 91.2 cm³/mol. The molecule has 1 aromatic rings. The maximum atomic E-state index is 12.3. The van der Waals surface area contributed by atoms with Crippen LogP contribution in [0.4, 0.5) is 0 Å². The highest BCUT2D eigenvalue weighted by molar-refractivity contribution is 5.94. The van der Waals surface area contributed by atoms with E-state index in [0.29, 0.717) is 18.5 Å². The average Bonchev–Trinajstić information content (AvgIpc) is 2.49. The van der Waals surface area contributed by atoms with E-state index in [2.05, 4.69) is 36.0 Å². The number of benzene rings is 1. The Morgan fingerprint density at radius 3 is 2.27 bits per heavy atom. The highest BCUT2D eigenvalue weighted by Crippen LogP contribution is 2.13. The Kier molecular flexibility index (Phi) is 5.98. The number of piperazine rings is 1. The molecule has 1 fully saturated rings. The van der Waals surface area contributed by atoms with Crippen LogP contribution in [-0.2, 0) is 0 Å². The van der Waals surface area contributed by atoms with Crippen LogP contribution in [-0.4, -0.2) is 61.5 Å². The fourth-order valence-corrected chi connectivity index (χ4v) is 2.94. The fraction of sp³-hybridized carbons (Fsp3) is 0.611. The number of aryl methyl sites for hydroxylation is 1. The molecule has 1 unspecified atom stereocenters. The zero-order chi connectivity index (χ0) is 16.1. The van der Waals surface area contributed by atoms with Crippen LogP contribution in [0, 0.1) is 12.8 Å². The Bertz CT molecular complexity index is 476. The molecule has 1 amide bonds. The number of nitrogens with zero attached hydrogens (tertiary/aromatic N) is 2. The Morgan fingerprint density at radius 1 is 1.14 bits per heavy atom. The smallest absolute Gasteiger partial charge is 0.251 e. The van der Waals surface area contributed by atoms with Crippen molar-refractivity contribution in [1.82, 2.24) is 15.1 Å². The molecule has 4 heteroatoms. The molecule has 1 aromatic carbocycles. The molecule has 0 spiro atoms. The summed E-state index contributed by atoms with van der Waals surface area (Å²) in [6, 6.07) is 8.16. The summed E-state index contributed by atoms with van der Waals surface area (Å²) in [7, 11) is 2.17. The molecule has 1 heterocycles. The molecule has 22 heavy (non-hydrogen) atoms. The number of amides is 1. The van der Waals surface area contributed by atoms with Crippen molar-refractivity contribution in [2.75, 3.05) is 39.8 Å². The van der Waals surface area contributed by atoms with Gasteiger partial charge in [-0.1, -0.05) is 31.5 Å². The summed E-state index contributed by atoms with van der Waals surface area (Å²) in [4.78, 5) is 17.2. The largest absolute Gasteiger partial charge is 0.350 e. The van der Waals surface area contributed by atoms with E-state index in [1.807, 2.05) is 31.2 Å². The highest BCUT2D eigenvalue weighted by atomic mass is 16.1. The Hall–Kier alpha value is -1.39. The predicted octanol–water partition coefficient (Wildman–Crippen LogP) is 2.00. The summed E-state index contributed by atoms with van der Waals surface area (Å²) in [5.74, 6) is 0.557. The molecule has 0 bridgehead atoms. The minimum atomic E-state index is 0.0276. The van der Waals surface area contributed by atoms with E-state index in [4.69, 9.17) is 0 Å². The molecule has 4 nitrogen and oxygen atoms in total. The Labute approximate surface area is 134 Å². The molecule has 1 aliphatic heterocycles. The van der Waals surface area contributed by atoms with Gasteiger partial charge in [-0.15, -0.1) is 0 Å². The minimum Gasteiger partial charge on any atom is -0.350 e. The van der Waals surface area contributed by atoms with Crippen molar-refractivity contribution in [3.63, 3.8) is 0 Å². The van der Waals surface area contributed by atoms with Crippen molar-refractivity contribution in [3.05, 3.63) is 35.4 Å². The van der Waals surface area contributed by atoms with Crippen LogP contribution in [0.5, 0.6) is 0 Å². The molecule has 0 radical (unpaired) electrons. The molecule has 0 aromatic heterocycles. The summed E-state index contributed by atoms with van der Waals surface area (Å²) in [5, 5.41) is 3.11. The molecule has 2 rings (SSSR count). The zero-order valence-corrected chi connectivity index (χ0v) is 14.3. The second kappa shape index (κ2) is 7.75. The lowest BCUT2D eigenvalue weighted by Crippen LogP contribution is -2.54. The second-order valence-corrected chi connectivity index (χ2v) is 6.73. The molecule has 1 saturated heterocycles. The first-order chi connectivity index (χ1) is 10.5. The molecule has 0 aliphatic carbocycles. The van der Waals surface area contributed by atoms with Gasteiger partial charge >= 0.3 is 0 Å². The van der Waals surface area contributed by atoms with Gasteiger partial charge in [-0.2, -0.15) is 0 Å². The first kappa shape index (κ1) is 17.0. The molecule has 0 saturated carbocycles. The number of rotatable bonds is 5. The van der Waals surface area contributed by atoms with E-state index in [-0.39, 0.29) is 5.91 Å². The van der Waals surface area contributed by atoms with Crippen molar-refractivity contribution in [2.45, 2.75) is 26.8 Å². The van der Waals surface area contributed by atoms with Gasteiger partial charge in [0.15, 0.2) is 0 Å². The first-order valence-electron chi connectivity index (χ1n) is 8.25. The maximum absolute atomic E-state index is 12.3. The highest BCUT2D eigenvalue weighted by Gasteiger charge is 2.25. The van der Waals surface area contributed by atoms with E-state index >= 15 is 0 Å². The zero-order valence-electron chi connectivity index (χ0n) is 14.3. The SMILES string of the molecule is Cc1ccc(C(=O)NCC(C(C)C)N2CCN(C)CC2)cc1. The van der Waals surface area contributed by atoms with Crippen LogP contribution in [0.25, 0.3) is 0 Å². The van der Waals surface area contributed by atoms with E-state index in [9.17, 15) is 4.79 Å². The quantitative estimate of drug-likeness (QED) is 0.904. The summed E-state index contributed by atoms with van der Waals surface area (Å²) in [5.41, 5.74) is 1.92. The van der Waals surface area contributed by atoms with Crippen LogP contribution in [0.15, 0.2) is 24.3 Å². The summed E-state index contributed by atoms with van der Waals surface area (Å²) >= 11 is 0. The van der Waals surface area contributed by atoms with E-state index in [1.54, 1.807) is 0 Å². The Morgan fingerprint density at radius 2 is 1.73 bits per heavy atom. The number of carbonyl (C=O) groups is 1. The number of likely N-dealkylation sites (N-methyl/N-ethyl adjacent to an activating group) is 1. The number of nitrogens with one attached hydrogen (secondary N) is 1. The second-order valence-electron chi connectivity index (χ2n) is 6.73. The van der Waals surface area contributed by atoms with Crippen LogP contribution in [0.1, 0.15) is 29.8 Å². The van der Waals surface area contributed by atoms with Gasteiger partial charge in [0, 0.05) is 44.3 Å². The third-order valence-corrected chi connectivity index (χ3v) is 4.56. The van der Waals surface area contributed by atoms with E-state index in [0.717, 1.165) is 31.7 Å². The fourth-order valence-electron chi connectivity index (χ4n) is 2.94. The van der Waals surface area contributed by atoms with Gasteiger partial charge in [0.2, 0.25) is 0 Å². The molecule has 1 aliphatic rings. The van der Waals surface area contributed by atoms with Crippen LogP contribution < -0.4 is 5.32 Å². The summed E-state index contributed by atoms with van der Waals surface area (Å²) in [6.45, 7) is 11.6. The number of hydrogen-bond acceptors (Lipinski definition) is 3. The topological polar surface area (TPSA) is 35.6 Å². The van der Waals surface area contributed by atoms with Gasteiger partial charge in [0.25, 0.3) is 5.91 Å². The van der Waals surface area contributed by atoms with E-state index in [1.165, 1.54) is 5.56 Å². The molecule has 122 valence electrons. The standard InChI is InChI=1S/C18H29N3O/c1-14(2)17(21-11-9-20(4)10-12-21)13-19-18(22)16-7-5-15(3)6-8-16/h5-8,14,17H,9-13H2,1-4H3,(H,19,22). The summed E-state index contributed by atoms with van der Waals surface area (Å²) in [6.07, 6.45) is 0. The maximum Gasteiger partial charge on any atom is 0.251 e. The molecule has 1 atom stereocenters. The van der Waals surface area contributed by atoms with Crippen molar-refractivity contribution in [3.8, 4) is 0 Å². The van der Waals surface area contributed by atoms with Crippen molar-refractivity contribution in [2.24, 2.45) is 5.92 Å². The third-order valence-electron chi connectivity index (χ3n) is 4.56. The van der Waals surface area contributed by atoms with Gasteiger partial charge in [-0.05, 0) is 32.0 Å². The van der Waals surface area contributed by atoms with Gasteiger partial charge in [0.1, 0.15) is 0 Å². The van der Waals surface area contributed by atoms with Crippen LogP contribution in [0.3, 0.4) is 0 Å². The lowest BCUT2D eigenvalue weighted by Gasteiger charge is -2.39. The van der Waals surface area contributed by atoms with Crippen molar-refractivity contribution in [1.29, 1.82) is 0 Å². The minimum absolute atomic E-state index is 0.0276. The van der Waals surface area contributed by atoms with Gasteiger partial charge < -0.3 is 10.2 Å². The monoisotopic (exact) mass is 303 g/mol. The molecular weight excluding hydrogens is 274 g/mol. The van der Waals surface area contributed by atoms with Crippen molar-refractivity contribution >= 4 is 5.91 Å². The number of hydrogen-bond donors (Lipinski definition) is 1. The van der Waals surface area contributed by atoms with Gasteiger partial charge in [0.05, 0.1) is 0 Å². The van der Waals surface area contributed by atoms with Crippen molar-refractivity contribution < 1.29 is 4.79 Å².